The van der Waals surface area contributed by atoms with Gasteiger partial charge in [0.25, 0.3) is 0 Å². The first-order valence-electron chi connectivity index (χ1n) is 6.15. The molecule has 1 aromatic carbocycles. The Bertz CT molecular complexity index is 382. The molecule has 1 aromatic rings. The summed E-state index contributed by atoms with van der Waals surface area (Å²) in [6, 6.07) is 8.01. The Morgan fingerprint density at radius 2 is 1.83 bits per heavy atom. The number of nitrogens with zero attached hydrogens (tertiary/aromatic N) is 1. The monoisotopic (exact) mass is 268 g/mol. The maximum Gasteiger partial charge on any atom is 0.372 e. The van der Waals surface area contributed by atoms with E-state index in [2.05, 4.69) is 28.1 Å². The number of benzene rings is 1. The van der Waals surface area contributed by atoms with Gasteiger partial charge in [0.15, 0.2) is 0 Å². The largest absolute Gasteiger partial charge is 0.451 e. The molecule has 100 valence electrons. The first-order valence-corrected chi connectivity index (χ1v) is 6.96. The molecular weight excluding hydrogens is 246 g/mol. The van der Waals surface area contributed by atoms with Crippen LogP contribution in [0.25, 0.3) is 0 Å². The summed E-state index contributed by atoms with van der Waals surface area (Å²) >= 11 is 1.15. The third kappa shape index (κ3) is 6.07. The first-order chi connectivity index (χ1) is 8.40. The Kier molecular flexibility index (Phi) is 5.69. The summed E-state index contributed by atoms with van der Waals surface area (Å²) in [6.07, 6.45) is 1.01. The van der Waals surface area contributed by atoms with Gasteiger partial charge in [-0.3, -0.25) is 0 Å². The number of likely N-dealkylation sites (N-methyl/N-ethyl adjacent to an activating group) is 1. The van der Waals surface area contributed by atoms with Gasteiger partial charge in [0, 0.05) is 4.90 Å². The van der Waals surface area contributed by atoms with Gasteiger partial charge in [0.2, 0.25) is 0 Å². The molecule has 0 saturated heterocycles. The van der Waals surface area contributed by atoms with Gasteiger partial charge in [-0.1, -0.05) is 19.1 Å². The van der Waals surface area contributed by atoms with Crippen LogP contribution in [0.1, 0.15) is 12.5 Å². The Labute approximate surface area is 114 Å². The smallest absolute Gasteiger partial charge is 0.372 e. The lowest BCUT2D eigenvalue weighted by atomic mass is 10.2. The van der Waals surface area contributed by atoms with Gasteiger partial charge in [-0.2, -0.15) is 0 Å². The fourth-order valence-corrected chi connectivity index (χ4v) is 1.93. The normalized spacial score (nSPS) is 11.3. The van der Waals surface area contributed by atoms with E-state index in [9.17, 15) is 4.79 Å². The van der Waals surface area contributed by atoms with Crippen LogP contribution < -0.4 is 0 Å². The molecule has 0 heterocycles. The third-order valence-corrected chi connectivity index (χ3v) is 3.31. The molecule has 0 radical (unpaired) electrons. The highest BCUT2D eigenvalue weighted by Crippen LogP contribution is 2.20. The van der Waals surface area contributed by atoms with Crippen molar-refractivity contribution in [1.29, 1.82) is 0 Å². The van der Waals surface area contributed by atoms with Crippen molar-refractivity contribution in [2.24, 2.45) is 0 Å². The highest BCUT2D eigenvalue weighted by atomic mass is 32.2. The summed E-state index contributed by atoms with van der Waals surface area (Å²) in [4.78, 5) is 12.5. The Morgan fingerprint density at radius 1 is 1.22 bits per heavy atom. The molecule has 0 bridgehead atoms. The zero-order chi connectivity index (χ0) is 13.6. The number of hydrogen-bond acceptors (Lipinski definition) is 3. The Hall–Kier alpha value is -1.00. The van der Waals surface area contributed by atoms with Crippen molar-refractivity contribution in [1.82, 2.24) is 0 Å². The number of aryl methyl sites for hydroxylation is 1. The Balaban J connectivity index is 2.35. The maximum absolute atomic E-state index is 11.6. The zero-order valence-corrected chi connectivity index (χ0v) is 12.4. The zero-order valence-electron chi connectivity index (χ0n) is 11.6. The second kappa shape index (κ2) is 6.81. The summed E-state index contributed by atoms with van der Waals surface area (Å²) in [5, 5.41) is -0.229. The molecule has 0 amide bonds. The van der Waals surface area contributed by atoms with Crippen molar-refractivity contribution < 1.29 is 14.0 Å². The van der Waals surface area contributed by atoms with E-state index in [4.69, 9.17) is 4.74 Å². The lowest BCUT2D eigenvalue weighted by Gasteiger charge is -2.23. The van der Waals surface area contributed by atoms with Gasteiger partial charge in [0.1, 0.15) is 13.2 Å². The molecule has 0 spiro atoms. The molecule has 18 heavy (non-hydrogen) atoms. The summed E-state index contributed by atoms with van der Waals surface area (Å²) in [7, 11) is 6.22. The summed E-state index contributed by atoms with van der Waals surface area (Å²) in [6.45, 7) is 3.39. The highest BCUT2D eigenvalue weighted by molar-refractivity contribution is 8.13. The molecule has 0 saturated carbocycles. The molecular formula is C14H22NO2S+. The summed E-state index contributed by atoms with van der Waals surface area (Å²) in [5.74, 6) is 0. The number of hydrogen-bond donors (Lipinski definition) is 0. The predicted molar refractivity (Wildman–Crippen MR) is 75.9 cm³/mol. The fraction of sp³-hybridized carbons (Fsp3) is 0.500. The van der Waals surface area contributed by atoms with Gasteiger partial charge in [0.05, 0.1) is 21.1 Å². The molecule has 3 nitrogen and oxygen atoms in total. The van der Waals surface area contributed by atoms with Gasteiger partial charge < -0.3 is 9.22 Å². The quantitative estimate of drug-likeness (QED) is 0.466. The van der Waals surface area contributed by atoms with E-state index in [-0.39, 0.29) is 5.30 Å². The highest BCUT2D eigenvalue weighted by Gasteiger charge is 2.10. The standard InChI is InChI=1S/C14H22NO2S/c1-5-12-6-8-13(9-7-12)18-14(16)17-11-10-15(2,3)4/h6-9H,5,10-11H2,1-4H3/q+1. The lowest BCUT2D eigenvalue weighted by molar-refractivity contribution is -0.870. The van der Waals surface area contributed by atoms with Gasteiger partial charge in [-0.15, -0.1) is 0 Å². The first kappa shape index (κ1) is 15.1. The van der Waals surface area contributed by atoms with Crippen LogP contribution in [0, 0.1) is 0 Å². The average Bonchev–Trinajstić information content (AvgIpc) is 2.28. The average molecular weight is 268 g/mol. The van der Waals surface area contributed by atoms with Crippen molar-refractivity contribution in [3.8, 4) is 0 Å². The molecule has 0 aliphatic rings. The molecule has 0 N–H and O–H groups in total. The van der Waals surface area contributed by atoms with Crippen LogP contribution in [0.2, 0.25) is 0 Å². The fourth-order valence-electron chi connectivity index (χ4n) is 1.32. The van der Waals surface area contributed by atoms with Gasteiger partial charge in [-0.25, -0.2) is 4.79 Å². The number of thioether (sulfide) groups is 1. The third-order valence-electron chi connectivity index (χ3n) is 2.51. The molecule has 0 atom stereocenters. The predicted octanol–water partition coefficient (Wildman–Crippen LogP) is 3.18. The summed E-state index contributed by atoms with van der Waals surface area (Å²) in [5.41, 5.74) is 1.28. The van der Waals surface area contributed by atoms with Crippen molar-refractivity contribution >= 4 is 17.1 Å². The summed E-state index contributed by atoms with van der Waals surface area (Å²) < 4.78 is 5.98. The van der Waals surface area contributed by atoms with Gasteiger partial charge >= 0.3 is 5.30 Å². The van der Waals surface area contributed by atoms with E-state index in [0.29, 0.717) is 6.61 Å². The SMILES string of the molecule is CCc1ccc(SC(=O)OCC[N+](C)(C)C)cc1. The number of ether oxygens (including phenoxy) is 1. The Morgan fingerprint density at radius 3 is 2.33 bits per heavy atom. The molecule has 0 aliphatic carbocycles. The molecule has 0 aromatic heterocycles. The number of rotatable bonds is 5. The number of carbonyl (C=O) groups is 1. The van der Waals surface area contributed by atoms with Crippen LogP contribution in [-0.4, -0.2) is 44.1 Å². The van der Waals surface area contributed by atoms with Crippen LogP contribution in [0.3, 0.4) is 0 Å². The van der Waals surface area contributed by atoms with Crippen molar-refractivity contribution in [3.63, 3.8) is 0 Å². The topological polar surface area (TPSA) is 26.3 Å². The minimum Gasteiger partial charge on any atom is -0.451 e. The molecule has 0 aliphatic heterocycles. The molecule has 0 unspecified atom stereocenters. The second-order valence-electron chi connectivity index (χ2n) is 5.21. The van der Waals surface area contributed by atoms with Crippen LogP contribution in [0.15, 0.2) is 29.2 Å². The lowest BCUT2D eigenvalue weighted by Crippen LogP contribution is -2.37. The molecule has 1 rings (SSSR count). The van der Waals surface area contributed by atoms with Crippen molar-refractivity contribution in [3.05, 3.63) is 29.8 Å². The minimum absolute atomic E-state index is 0.229. The van der Waals surface area contributed by atoms with E-state index < -0.39 is 0 Å². The van der Waals surface area contributed by atoms with E-state index >= 15 is 0 Å². The molecule has 4 heteroatoms. The second-order valence-corrected chi connectivity index (χ2v) is 6.22. The van der Waals surface area contributed by atoms with Crippen molar-refractivity contribution in [2.75, 3.05) is 34.3 Å². The van der Waals surface area contributed by atoms with Crippen LogP contribution in [0.5, 0.6) is 0 Å². The number of quaternary nitrogens is 1. The van der Waals surface area contributed by atoms with Crippen LogP contribution in [0.4, 0.5) is 4.79 Å². The van der Waals surface area contributed by atoms with E-state index in [1.807, 2.05) is 24.3 Å². The van der Waals surface area contributed by atoms with Crippen LogP contribution in [-0.2, 0) is 11.2 Å². The van der Waals surface area contributed by atoms with Crippen LogP contribution >= 0.6 is 11.8 Å². The van der Waals surface area contributed by atoms with E-state index in [1.165, 1.54) is 5.56 Å². The molecule has 0 fully saturated rings. The minimum atomic E-state index is -0.229. The van der Waals surface area contributed by atoms with E-state index in [0.717, 1.165) is 34.1 Å². The van der Waals surface area contributed by atoms with E-state index in [1.54, 1.807) is 0 Å². The maximum atomic E-state index is 11.6. The number of carbonyl (C=O) groups excluding carboxylic acids is 1. The van der Waals surface area contributed by atoms with Crippen molar-refractivity contribution in [2.45, 2.75) is 18.2 Å². The van der Waals surface area contributed by atoms with Gasteiger partial charge in [-0.05, 0) is 35.9 Å².